The number of sulfonamides is 2. The third-order valence-electron chi connectivity index (χ3n) is 3.80. The van der Waals surface area contributed by atoms with Gasteiger partial charge in [-0.3, -0.25) is 4.79 Å². The van der Waals surface area contributed by atoms with Crippen molar-refractivity contribution < 1.29 is 21.6 Å². The fraction of sp³-hybridized carbons (Fsp3) is 0.278. The zero-order chi connectivity index (χ0) is 21.8. The predicted molar refractivity (Wildman–Crippen MR) is 111 cm³/mol. The van der Waals surface area contributed by atoms with E-state index in [0.29, 0.717) is 5.56 Å². The molecule has 0 unspecified atom stereocenters. The molecular formula is C18H22ClN3O5S2. The van der Waals surface area contributed by atoms with Gasteiger partial charge < -0.3 is 5.32 Å². The minimum Gasteiger partial charge on any atom is -0.348 e. The number of hydrogen-bond acceptors (Lipinski definition) is 5. The summed E-state index contributed by atoms with van der Waals surface area (Å²) in [7, 11) is -6.23. The number of rotatable bonds is 8. The first-order valence-corrected chi connectivity index (χ1v) is 11.9. The Hall–Kier alpha value is -1.98. The zero-order valence-electron chi connectivity index (χ0n) is 16.1. The summed E-state index contributed by atoms with van der Waals surface area (Å²) in [5, 5.41) is 2.63. The Morgan fingerprint density at radius 2 is 1.72 bits per heavy atom. The molecule has 0 aromatic heterocycles. The van der Waals surface area contributed by atoms with E-state index in [-0.39, 0.29) is 33.0 Å². The van der Waals surface area contributed by atoms with E-state index in [4.69, 9.17) is 11.6 Å². The highest BCUT2D eigenvalue weighted by Crippen LogP contribution is 2.22. The van der Waals surface area contributed by atoms with Crippen LogP contribution in [0.4, 0.5) is 0 Å². The Bertz CT molecular complexity index is 1120. The summed E-state index contributed by atoms with van der Waals surface area (Å²) in [5.74, 6) is -0.525. The lowest BCUT2D eigenvalue weighted by molar-refractivity contribution is 0.0950. The number of hydrogen-bond donors (Lipinski definition) is 3. The molecule has 2 rings (SSSR count). The molecule has 0 aliphatic carbocycles. The zero-order valence-corrected chi connectivity index (χ0v) is 18.5. The van der Waals surface area contributed by atoms with Crippen LogP contribution >= 0.6 is 11.6 Å². The van der Waals surface area contributed by atoms with Gasteiger partial charge in [-0.2, -0.15) is 0 Å². The molecule has 0 radical (unpaired) electrons. The van der Waals surface area contributed by atoms with Crippen LogP contribution in [-0.2, 0) is 26.6 Å². The van der Waals surface area contributed by atoms with E-state index in [0.717, 1.165) is 0 Å². The molecule has 1 amide bonds. The molecule has 2 aromatic rings. The van der Waals surface area contributed by atoms with Gasteiger partial charge >= 0.3 is 0 Å². The van der Waals surface area contributed by atoms with Crippen molar-refractivity contribution in [3.05, 3.63) is 58.6 Å². The van der Waals surface area contributed by atoms with Gasteiger partial charge in [-0.25, -0.2) is 26.3 Å². The Morgan fingerprint density at radius 3 is 2.34 bits per heavy atom. The molecule has 0 aliphatic heterocycles. The van der Waals surface area contributed by atoms with Crippen LogP contribution in [0.3, 0.4) is 0 Å². The van der Waals surface area contributed by atoms with Crippen molar-refractivity contribution in [2.75, 3.05) is 7.05 Å². The minimum atomic E-state index is -3.82. The highest BCUT2D eigenvalue weighted by atomic mass is 35.5. The van der Waals surface area contributed by atoms with Gasteiger partial charge in [0.2, 0.25) is 20.0 Å². The Kier molecular flexibility index (Phi) is 7.41. The summed E-state index contributed by atoms with van der Waals surface area (Å²) in [6.07, 6.45) is 0. The molecule has 0 bridgehead atoms. The molecule has 0 aliphatic rings. The van der Waals surface area contributed by atoms with E-state index in [2.05, 4.69) is 14.8 Å². The topological polar surface area (TPSA) is 121 Å². The molecule has 0 saturated carbocycles. The molecule has 29 heavy (non-hydrogen) atoms. The van der Waals surface area contributed by atoms with Crippen LogP contribution in [0.2, 0.25) is 5.02 Å². The van der Waals surface area contributed by atoms with Crippen molar-refractivity contribution in [1.82, 2.24) is 14.8 Å². The number of amides is 1. The number of nitrogens with one attached hydrogen (secondary N) is 3. The fourth-order valence-electron chi connectivity index (χ4n) is 2.45. The Morgan fingerprint density at radius 1 is 1.03 bits per heavy atom. The van der Waals surface area contributed by atoms with Crippen LogP contribution in [0, 0.1) is 0 Å². The minimum absolute atomic E-state index is 0.00791. The number of carbonyl (C=O) groups is 1. The first kappa shape index (κ1) is 23.3. The standard InChI is InChI=1S/C18H22ClN3O5S2/c1-12(2)22-28(24,25)15-6-4-5-13(9-15)11-21-18(23)14-7-8-16(19)17(10-14)29(26,27)20-3/h4-10,12,20,22H,11H2,1-3H3,(H,21,23). The molecule has 11 heteroatoms. The average molecular weight is 460 g/mol. The van der Waals surface area contributed by atoms with E-state index >= 15 is 0 Å². The molecule has 8 nitrogen and oxygen atoms in total. The van der Waals surface area contributed by atoms with Gasteiger partial charge in [-0.05, 0) is 56.8 Å². The summed E-state index contributed by atoms with van der Waals surface area (Å²) < 4.78 is 53.2. The predicted octanol–water partition coefficient (Wildman–Crippen LogP) is 1.86. The van der Waals surface area contributed by atoms with Crippen molar-refractivity contribution in [2.45, 2.75) is 36.2 Å². The maximum Gasteiger partial charge on any atom is 0.251 e. The summed E-state index contributed by atoms with van der Waals surface area (Å²) in [6.45, 7) is 3.49. The van der Waals surface area contributed by atoms with Crippen LogP contribution in [0.1, 0.15) is 29.8 Å². The lowest BCUT2D eigenvalue weighted by Crippen LogP contribution is -2.30. The van der Waals surface area contributed by atoms with Gasteiger partial charge in [0.15, 0.2) is 0 Å². The highest BCUT2D eigenvalue weighted by molar-refractivity contribution is 7.89. The van der Waals surface area contributed by atoms with Crippen LogP contribution in [-0.4, -0.2) is 35.8 Å². The normalized spacial score (nSPS) is 12.2. The highest BCUT2D eigenvalue weighted by Gasteiger charge is 2.19. The lowest BCUT2D eigenvalue weighted by atomic mass is 10.2. The van der Waals surface area contributed by atoms with Gasteiger partial charge in [0.25, 0.3) is 5.91 Å². The maximum absolute atomic E-state index is 12.4. The molecular weight excluding hydrogens is 438 g/mol. The van der Waals surface area contributed by atoms with Gasteiger partial charge in [0.1, 0.15) is 4.90 Å². The van der Waals surface area contributed by atoms with E-state index < -0.39 is 26.0 Å². The van der Waals surface area contributed by atoms with Gasteiger partial charge in [0, 0.05) is 18.2 Å². The Balaban J connectivity index is 2.18. The summed E-state index contributed by atoms with van der Waals surface area (Å²) in [6, 6.07) is 9.83. The summed E-state index contributed by atoms with van der Waals surface area (Å²) in [5.41, 5.74) is 0.676. The van der Waals surface area contributed by atoms with Crippen LogP contribution in [0.5, 0.6) is 0 Å². The Labute approximate surface area is 175 Å². The van der Waals surface area contributed by atoms with Crippen molar-refractivity contribution in [3.63, 3.8) is 0 Å². The fourth-order valence-corrected chi connectivity index (χ4v) is 5.02. The van der Waals surface area contributed by atoms with Crippen molar-refractivity contribution in [3.8, 4) is 0 Å². The molecule has 158 valence electrons. The van der Waals surface area contributed by atoms with Crippen LogP contribution in [0.15, 0.2) is 52.3 Å². The molecule has 0 heterocycles. The second-order valence-corrected chi connectivity index (χ2v) is 10.4. The average Bonchev–Trinajstić information content (AvgIpc) is 2.65. The molecule has 3 N–H and O–H groups in total. The number of benzene rings is 2. The molecule has 0 saturated heterocycles. The first-order valence-electron chi connectivity index (χ1n) is 8.59. The summed E-state index contributed by atoms with van der Waals surface area (Å²) in [4.78, 5) is 12.3. The van der Waals surface area contributed by atoms with E-state index in [1.807, 2.05) is 0 Å². The molecule has 0 spiro atoms. The molecule has 0 atom stereocenters. The van der Waals surface area contributed by atoms with Crippen LogP contribution in [0.25, 0.3) is 0 Å². The first-order chi connectivity index (χ1) is 13.5. The van der Waals surface area contributed by atoms with Gasteiger partial charge in [0.05, 0.1) is 9.92 Å². The van der Waals surface area contributed by atoms with Crippen molar-refractivity contribution in [1.29, 1.82) is 0 Å². The quantitative estimate of drug-likeness (QED) is 0.556. The number of carbonyl (C=O) groups excluding carboxylic acids is 1. The van der Waals surface area contributed by atoms with E-state index in [1.165, 1.54) is 37.4 Å². The van der Waals surface area contributed by atoms with E-state index in [1.54, 1.807) is 26.0 Å². The lowest BCUT2D eigenvalue weighted by Gasteiger charge is -2.12. The monoisotopic (exact) mass is 459 g/mol. The SMILES string of the molecule is CNS(=O)(=O)c1cc(C(=O)NCc2cccc(S(=O)(=O)NC(C)C)c2)ccc1Cl. The smallest absolute Gasteiger partial charge is 0.251 e. The maximum atomic E-state index is 12.4. The van der Waals surface area contributed by atoms with Crippen LogP contribution < -0.4 is 14.8 Å². The number of halogens is 1. The van der Waals surface area contributed by atoms with Gasteiger partial charge in [-0.1, -0.05) is 23.7 Å². The largest absolute Gasteiger partial charge is 0.348 e. The second-order valence-electron chi connectivity index (χ2n) is 6.46. The van der Waals surface area contributed by atoms with Crippen molar-refractivity contribution in [2.24, 2.45) is 0 Å². The molecule has 2 aromatic carbocycles. The van der Waals surface area contributed by atoms with Crippen molar-refractivity contribution >= 4 is 37.6 Å². The third kappa shape index (κ3) is 6.00. The van der Waals surface area contributed by atoms with Gasteiger partial charge in [-0.15, -0.1) is 0 Å². The summed E-state index contributed by atoms with van der Waals surface area (Å²) >= 11 is 5.92. The third-order valence-corrected chi connectivity index (χ3v) is 7.36. The second kappa shape index (κ2) is 9.23. The molecule has 0 fully saturated rings. The van der Waals surface area contributed by atoms with E-state index in [9.17, 15) is 21.6 Å².